The molecule has 0 saturated carbocycles. The van der Waals surface area contributed by atoms with Crippen molar-refractivity contribution in [3.8, 4) is 0 Å². The first-order valence-corrected chi connectivity index (χ1v) is 6.88. The molecule has 1 aromatic carbocycles. The maximum atomic E-state index is 4.15. The first-order chi connectivity index (χ1) is 10.3. The second-order valence-corrected chi connectivity index (χ2v) is 5.04. The summed E-state index contributed by atoms with van der Waals surface area (Å²) in [5.74, 6) is 0. The molecule has 0 atom stereocenters. The van der Waals surface area contributed by atoms with Gasteiger partial charge in [0.1, 0.15) is 12.7 Å². The van der Waals surface area contributed by atoms with E-state index in [9.17, 15) is 0 Å². The average molecular weight is 282 g/mol. The number of aromatic nitrogens is 5. The second kappa shape index (κ2) is 6.32. The summed E-state index contributed by atoms with van der Waals surface area (Å²) in [4.78, 5) is 3.94. The summed E-state index contributed by atoms with van der Waals surface area (Å²) in [6, 6.07) is 8.54. The molecule has 0 fully saturated rings. The standard InChI is InChI=1S/C15H18N6/c1-20-9-15(8-18-20)7-16-6-13-2-4-14(5-3-13)10-21-12-17-11-19-21/h2-5,8-9,11-12,16H,6-7,10H2,1H3. The number of nitrogens with zero attached hydrogens (tertiary/aromatic N) is 5. The second-order valence-electron chi connectivity index (χ2n) is 5.04. The van der Waals surface area contributed by atoms with Crippen LogP contribution in [0.4, 0.5) is 0 Å². The Morgan fingerprint density at radius 2 is 1.76 bits per heavy atom. The Kier molecular flexibility index (Phi) is 4.07. The summed E-state index contributed by atoms with van der Waals surface area (Å²) in [6.45, 7) is 2.43. The van der Waals surface area contributed by atoms with E-state index < -0.39 is 0 Å². The zero-order chi connectivity index (χ0) is 14.5. The van der Waals surface area contributed by atoms with Gasteiger partial charge in [0.25, 0.3) is 0 Å². The molecule has 2 heterocycles. The molecule has 0 aliphatic heterocycles. The van der Waals surface area contributed by atoms with Gasteiger partial charge in [-0.05, 0) is 11.1 Å². The van der Waals surface area contributed by atoms with E-state index in [4.69, 9.17) is 0 Å². The highest BCUT2D eigenvalue weighted by Crippen LogP contribution is 2.06. The van der Waals surface area contributed by atoms with Crippen LogP contribution in [-0.4, -0.2) is 24.5 Å². The summed E-state index contributed by atoms with van der Waals surface area (Å²) < 4.78 is 3.63. The molecule has 21 heavy (non-hydrogen) atoms. The van der Waals surface area contributed by atoms with Crippen LogP contribution < -0.4 is 5.32 Å². The average Bonchev–Trinajstić information content (AvgIpc) is 3.13. The summed E-state index contributed by atoms with van der Waals surface area (Å²) in [5.41, 5.74) is 3.68. The molecular weight excluding hydrogens is 264 g/mol. The molecule has 0 amide bonds. The fourth-order valence-corrected chi connectivity index (χ4v) is 2.18. The Labute approximate surface area is 123 Å². The number of benzene rings is 1. The van der Waals surface area contributed by atoms with Crippen LogP contribution in [0.15, 0.2) is 49.3 Å². The predicted octanol–water partition coefficient (Wildman–Crippen LogP) is 1.35. The lowest BCUT2D eigenvalue weighted by Gasteiger charge is -2.05. The zero-order valence-electron chi connectivity index (χ0n) is 12.0. The van der Waals surface area contributed by atoms with Crippen molar-refractivity contribution in [1.29, 1.82) is 0 Å². The molecule has 0 saturated heterocycles. The van der Waals surface area contributed by atoms with Crippen molar-refractivity contribution in [3.05, 3.63) is 66.0 Å². The predicted molar refractivity (Wildman–Crippen MR) is 79.3 cm³/mol. The third-order valence-corrected chi connectivity index (χ3v) is 3.25. The maximum Gasteiger partial charge on any atom is 0.137 e. The highest BCUT2D eigenvalue weighted by atomic mass is 15.3. The SMILES string of the molecule is Cn1cc(CNCc2ccc(Cn3cncn3)cc2)cn1. The summed E-state index contributed by atoms with van der Waals surface area (Å²) >= 11 is 0. The minimum absolute atomic E-state index is 0.753. The number of nitrogens with one attached hydrogen (secondary N) is 1. The van der Waals surface area contributed by atoms with Crippen LogP contribution in [0.3, 0.4) is 0 Å². The number of aryl methyl sites for hydroxylation is 1. The largest absolute Gasteiger partial charge is 0.309 e. The van der Waals surface area contributed by atoms with E-state index >= 15 is 0 Å². The van der Waals surface area contributed by atoms with Gasteiger partial charge in [-0.25, -0.2) is 9.67 Å². The minimum Gasteiger partial charge on any atom is -0.309 e. The van der Waals surface area contributed by atoms with Crippen LogP contribution in [0, 0.1) is 0 Å². The third-order valence-electron chi connectivity index (χ3n) is 3.25. The Morgan fingerprint density at radius 3 is 2.43 bits per heavy atom. The molecule has 3 rings (SSSR count). The molecule has 0 radical (unpaired) electrons. The lowest BCUT2D eigenvalue weighted by Crippen LogP contribution is -2.12. The van der Waals surface area contributed by atoms with Gasteiger partial charge in [-0.15, -0.1) is 0 Å². The molecule has 0 spiro atoms. The molecule has 3 aromatic rings. The maximum absolute atomic E-state index is 4.15. The van der Waals surface area contributed by atoms with Gasteiger partial charge in [-0.3, -0.25) is 4.68 Å². The Morgan fingerprint density at radius 1 is 1.00 bits per heavy atom. The topological polar surface area (TPSA) is 60.6 Å². The van der Waals surface area contributed by atoms with Crippen molar-refractivity contribution in [2.24, 2.45) is 7.05 Å². The molecule has 6 heteroatoms. The van der Waals surface area contributed by atoms with Gasteiger partial charge in [0.15, 0.2) is 0 Å². The van der Waals surface area contributed by atoms with E-state index in [1.807, 2.05) is 28.8 Å². The van der Waals surface area contributed by atoms with Gasteiger partial charge < -0.3 is 5.32 Å². The highest BCUT2D eigenvalue weighted by Gasteiger charge is 1.99. The number of rotatable bonds is 6. The molecule has 0 bridgehead atoms. The molecule has 1 N–H and O–H groups in total. The van der Waals surface area contributed by atoms with Gasteiger partial charge in [0.2, 0.25) is 0 Å². The van der Waals surface area contributed by atoms with Gasteiger partial charge in [0.05, 0.1) is 12.7 Å². The molecule has 2 aromatic heterocycles. The van der Waals surface area contributed by atoms with Crippen molar-refractivity contribution < 1.29 is 0 Å². The lowest BCUT2D eigenvalue weighted by molar-refractivity contribution is 0.680. The third kappa shape index (κ3) is 3.76. The minimum atomic E-state index is 0.753. The van der Waals surface area contributed by atoms with Gasteiger partial charge >= 0.3 is 0 Å². The molecule has 108 valence electrons. The Balaban J connectivity index is 1.50. The van der Waals surface area contributed by atoms with Gasteiger partial charge in [-0.1, -0.05) is 24.3 Å². The molecule has 0 unspecified atom stereocenters. The first-order valence-electron chi connectivity index (χ1n) is 6.88. The molecule has 0 aliphatic rings. The normalized spacial score (nSPS) is 10.9. The lowest BCUT2D eigenvalue weighted by atomic mass is 10.1. The Bertz CT molecular complexity index is 669. The van der Waals surface area contributed by atoms with Crippen LogP contribution >= 0.6 is 0 Å². The summed E-state index contributed by atoms with van der Waals surface area (Å²) in [6.07, 6.45) is 7.18. The van der Waals surface area contributed by atoms with Crippen molar-refractivity contribution in [2.45, 2.75) is 19.6 Å². The van der Waals surface area contributed by atoms with Crippen LogP contribution in [0.25, 0.3) is 0 Å². The van der Waals surface area contributed by atoms with E-state index in [2.05, 4.69) is 44.8 Å². The summed E-state index contributed by atoms with van der Waals surface area (Å²) in [5, 5.41) is 11.7. The van der Waals surface area contributed by atoms with E-state index in [1.165, 1.54) is 16.7 Å². The smallest absolute Gasteiger partial charge is 0.137 e. The van der Waals surface area contributed by atoms with Crippen molar-refractivity contribution in [1.82, 2.24) is 29.9 Å². The van der Waals surface area contributed by atoms with Crippen LogP contribution in [0.1, 0.15) is 16.7 Å². The summed E-state index contributed by atoms with van der Waals surface area (Å²) in [7, 11) is 1.93. The van der Waals surface area contributed by atoms with E-state index in [1.54, 1.807) is 12.7 Å². The van der Waals surface area contributed by atoms with Gasteiger partial charge in [0, 0.05) is 31.9 Å². The molecule has 0 aliphatic carbocycles. The molecule has 6 nitrogen and oxygen atoms in total. The fraction of sp³-hybridized carbons (Fsp3) is 0.267. The Hall–Kier alpha value is -2.47. The number of hydrogen-bond donors (Lipinski definition) is 1. The van der Waals surface area contributed by atoms with Gasteiger partial charge in [-0.2, -0.15) is 10.2 Å². The van der Waals surface area contributed by atoms with Crippen LogP contribution in [-0.2, 0) is 26.7 Å². The molecular formula is C15H18N6. The first kappa shape index (κ1) is 13.5. The monoisotopic (exact) mass is 282 g/mol. The highest BCUT2D eigenvalue weighted by molar-refractivity contribution is 5.22. The van der Waals surface area contributed by atoms with Crippen molar-refractivity contribution in [3.63, 3.8) is 0 Å². The van der Waals surface area contributed by atoms with E-state index in [0.717, 1.165) is 19.6 Å². The number of hydrogen-bond acceptors (Lipinski definition) is 4. The van der Waals surface area contributed by atoms with Crippen LogP contribution in [0.2, 0.25) is 0 Å². The van der Waals surface area contributed by atoms with Crippen molar-refractivity contribution >= 4 is 0 Å². The van der Waals surface area contributed by atoms with Crippen molar-refractivity contribution in [2.75, 3.05) is 0 Å². The fourth-order valence-electron chi connectivity index (χ4n) is 2.18. The van der Waals surface area contributed by atoms with E-state index in [-0.39, 0.29) is 0 Å². The quantitative estimate of drug-likeness (QED) is 0.741. The van der Waals surface area contributed by atoms with Crippen LogP contribution in [0.5, 0.6) is 0 Å². The van der Waals surface area contributed by atoms with E-state index in [0.29, 0.717) is 0 Å². The zero-order valence-corrected chi connectivity index (χ0v) is 12.0.